The maximum Gasteiger partial charge on any atom is 0.235 e. The summed E-state index contributed by atoms with van der Waals surface area (Å²) in [6.45, 7) is 4.68. The van der Waals surface area contributed by atoms with Crippen molar-refractivity contribution in [3.05, 3.63) is 490 Å². The van der Waals surface area contributed by atoms with Crippen LogP contribution in [0.2, 0.25) is 0 Å². The lowest BCUT2D eigenvalue weighted by Crippen LogP contribution is -2.14. The minimum absolute atomic E-state index is 0.0770. The molecule has 0 aliphatic heterocycles. The highest BCUT2D eigenvalue weighted by Gasteiger charge is 2.36. The SMILES string of the molecule is CC1(C)c2ccccc2-c2ccc(-c3ccccc3-c3nc(-n4c5ccccc5c5c6ccccc6ccc54)nc4ccccc34)cc21.c1ccc2c(c1)ccc1c2c2ccccc2n1-c1ccc(-c2nc(-c3ccc(-c4cccc5c4sc4ccccc45)cc3)c3ccccc3n2)cc1.c1ccc2c(c1)ccc1c2c2ccccc2n1-c1ccc(-c2nc(-c3cccc4c3sc3ccccc34)c3ccccc3n2)cc1. The van der Waals surface area contributed by atoms with Crippen molar-refractivity contribution in [2.24, 2.45) is 0 Å². The number of fused-ring (bicyclic) bond motifs is 27. The molecule has 0 saturated carbocycles. The first-order chi connectivity index (χ1) is 72.2. The maximum absolute atomic E-state index is 5.47. The highest BCUT2D eigenvalue weighted by atomic mass is 32.1. The van der Waals surface area contributed by atoms with Gasteiger partial charge < -0.3 is 9.13 Å². The van der Waals surface area contributed by atoms with Crippen molar-refractivity contribution in [3.63, 3.8) is 0 Å². The molecule has 0 N–H and O–H groups in total. The highest BCUT2D eigenvalue weighted by molar-refractivity contribution is 7.26. The van der Waals surface area contributed by atoms with Gasteiger partial charge in [0.2, 0.25) is 5.95 Å². The summed E-state index contributed by atoms with van der Waals surface area (Å²) in [6, 6.07) is 172. The van der Waals surface area contributed by atoms with Gasteiger partial charge in [0.15, 0.2) is 11.6 Å². The largest absolute Gasteiger partial charge is 0.309 e. The number of para-hydroxylation sites is 6. The average molecular weight is 1900 g/mol. The summed E-state index contributed by atoms with van der Waals surface area (Å²) >= 11 is 3.70. The quantitative estimate of drug-likeness (QED) is 0.135. The van der Waals surface area contributed by atoms with Crippen molar-refractivity contribution in [1.82, 2.24) is 43.6 Å². The number of rotatable bonds is 10. The van der Waals surface area contributed by atoms with Gasteiger partial charge in [0, 0.05) is 133 Å². The topological polar surface area (TPSA) is 92.1 Å². The van der Waals surface area contributed by atoms with Gasteiger partial charge in [-0.1, -0.05) is 372 Å². The minimum atomic E-state index is -0.0770. The van der Waals surface area contributed by atoms with Crippen LogP contribution in [0.3, 0.4) is 0 Å². The molecule has 9 nitrogen and oxygen atoms in total. The normalized spacial score (nSPS) is 12.4. The molecule has 0 unspecified atom stereocenters. The zero-order valence-corrected chi connectivity index (χ0v) is 81.1. The Labute approximate surface area is 847 Å². The zero-order valence-electron chi connectivity index (χ0n) is 79.5. The van der Waals surface area contributed by atoms with Crippen LogP contribution in [0.15, 0.2) is 479 Å². The number of hydrogen-bond acceptors (Lipinski definition) is 8. The Morgan fingerprint density at radius 2 is 0.548 bits per heavy atom. The number of benzene rings is 22. The third kappa shape index (κ3) is 13.6. The maximum atomic E-state index is 5.47. The molecule has 0 saturated heterocycles. The van der Waals surface area contributed by atoms with Crippen molar-refractivity contribution in [2.45, 2.75) is 19.3 Å². The van der Waals surface area contributed by atoms with E-state index in [1.807, 2.05) is 28.7 Å². The number of nitrogens with zero attached hydrogens (tertiary/aromatic N) is 9. The summed E-state index contributed by atoms with van der Waals surface area (Å²) in [4.78, 5) is 31.3. The van der Waals surface area contributed by atoms with Crippen LogP contribution in [0.25, 0.3) is 278 Å². The predicted octanol–water partition coefficient (Wildman–Crippen LogP) is 36.4. The van der Waals surface area contributed by atoms with Crippen LogP contribution < -0.4 is 0 Å². The van der Waals surface area contributed by atoms with Gasteiger partial charge in [-0.2, -0.15) is 0 Å². The van der Waals surface area contributed by atoms with Crippen LogP contribution in [0, 0.1) is 0 Å². The molecule has 22 aromatic carbocycles. The molecule has 31 rings (SSSR count). The summed E-state index contributed by atoms with van der Waals surface area (Å²) in [6.07, 6.45) is 0. The Morgan fingerprint density at radius 1 is 0.199 bits per heavy atom. The summed E-state index contributed by atoms with van der Waals surface area (Å²) in [7, 11) is 0. The Bertz CT molecular complexity index is 10700. The van der Waals surface area contributed by atoms with E-state index in [0.29, 0.717) is 11.8 Å². The molecule has 8 heterocycles. The van der Waals surface area contributed by atoms with Gasteiger partial charge in [-0.05, 0) is 198 Å². The Balaban J connectivity index is 0.000000104. The van der Waals surface area contributed by atoms with E-state index >= 15 is 0 Å². The molecule has 0 atom stereocenters. The number of aromatic nitrogens is 9. The molecular weight excluding hydrogens is 1810 g/mol. The zero-order chi connectivity index (χ0) is 96.3. The van der Waals surface area contributed by atoms with Crippen molar-refractivity contribution in [3.8, 4) is 107 Å². The van der Waals surface area contributed by atoms with Crippen LogP contribution >= 0.6 is 22.7 Å². The second kappa shape index (κ2) is 33.9. The third-order valence-corrected chi connectivity index (χ3v) is 32.5. The number of hydrogen-bond donors (Lipinski definition) is 0. The van der Waals surface area contributed by atoms with Crippen LogP contribution in [-0.2, 0) is 5.41 Å². The summed E-state index contributed by atoms with van der Waals surface area (Å²) in [5, 5.41) is 23.3. The van der Waals surface area contributed by atoms with E-state index in [-0.39, 0.29) is 5.41 Å². The van der Waals surface area contributed by atoms with E-state index in [1.165, 1.54) is 166 Å². The van der Waals surface area contributed by atoms with Crippen LogP contribution in [0.5, 0.6) is 0 Å². The van der Waals surface area contributed by atoms with Gasteiger partial charge >= 0.3 is 0 Å². The lowest BCUT2D eigenvalue weighted by Gasteiger charge is -2.22. The molecule has 0 spiro atoms. The molecule has 8 aromatic heterocycles. The van der Waals surface area contributed by atoms with Crippen LogP contribution in [-0.4, -0.2) is 43.6 Å². The predicted molar refractivity (Wildman–Crippen MR) is 616 cm³/mol. The molecule has 0 bridgehead atoms. The standard InChI is InChI=1S/C48H29N3S.C45H31N3.C42H25N3S/c1-2-11-35-30(10-1)26-29-43-45(35)40-14-4-7-18-42(40)51(43)34-27-24-33(25-28-34)48-49-41-17-6-3-13-39(41)46(50-48)32-22-20-31(21-23-32)36-15-9-16-38-37-12-5-8-19-44(37)52-47(36)38;1-45(2)37-20-10-7-16-32(37)33-25-23-29(27-38(33)45)30-14-5-6-17-34(30)43-35-18-8-11-21-39(35)46-44(47-43)48-40-22-12-9-19-36(40)42-31-15-4-3-13-28(31)24-26-41(42)48;1-2-11-29-26(10-1)22-25-37-39(29)33-14-4-7-18-36(33)45(37)28-23-20-27(21-24-28)42-43-35-17-6-3-13-32(35)40(44-42)34-16-9-15-31-30-12-5-8-19-38(30)46-41(31)34/h1-29H;3-27H,1-2H3;1-25H. The second-order valence-corrected chi connectivity index (χ2v) is 40.6. The Morgan fingerprint density at radius 3 is 1.07 bits per heavy atom. The smallest absolute Gasteiger partial charge is 0.235 e. The van der Waals surface area contributed by atoms with Gasteiger partial charge in [-0.15, -0.1) is 22.7 Å². The number of thiophene rings is 2. The first-order valence-electron chi connectivity index (χ1n) is 49.7. The minimum Gasteiger partial charge on any atom is -0.309 e. The Hall–Kier alpha value is -18.5. The van der Waals surface area contributed by atoms with E-state index in [0.717, 1.165) is 111 Å². The molecule has 0 amide bonds. The van der Waals surface area contributed by atoms with Crippen LogP contribution in [0.4, 0.5) is 0 Å². The van der Waals surface area contributed by atoms with E-state index in [9.17, 15) is 0 Å². The molecule has 0 fully saturated rings. The van der Waals surface area contributed by atoms with E-state index < -0.39 is 0 Å². The van der Waals surface area contributed by atoms with Gasteiger partial charge in [-0.3, -0.25) is 4.57 Å². The molecule has 11 heteroatoms. The fraction of sp³-hybridized carbons (Fsp3) is 0.0222. The van der Waals surface area contributed by atoms with E-state index in [4.69, 9.17) is 29.9 Å². The molecule has 146 heavy (non-hydrogen) atoms. The lowest BCUT2D eigenvalue weighted by molar-refractivity contribution is 0.660. The van der Waals surface area contributed by atoms with Gasteiger partial charge in [-0.25, -0.2) is 29.9 Å². The first kappa shape index (κ1) is 84.4. The average Bonchev–Trinajstić information content (AvgIpc) is 1.57. The van der Waals surface area contributed by atoms with Crippen molar-refractivity contribution in [1.29, 1.82) is 0 Å². The molecule has 682 valence electrons. The molecule has 1 aliphatic carbocycles. The first-order valence-corrected chi connectivity index (χ1v) is 51.3. The second-order valence-electron chi connectivity index (χ2n) is 38.5. The van der Waals surface area contributed by atoms with Gasteiger partial charge in [0.25, 0.3) is 0 Å². The summed E-state index contributed by atoms with van der Waals surface area (Å²) < 4.78 is 12.2. The summed E-state index contributed by atoms with van der Waals surface area (Å²) in [5.74, 6) is 2.12. The molecular formula is C135H85N9S2. The fourth-order valence-corrected chi connectivity index (χ4v) is 25.7. The van der Waals surface area contributed by atoms with E-state index in [2.05, 4.69) is 501 Å². The van der Waals surface area contributed by atoms with Crippen molar-refractivity contribution in [2.75, 3.05) is 0 Å². The van der Waals surface area contributed by atoms with Crippen molar-refractivity contribution >= 4 is 193 Å². The third-order valence-electron chi connectivity index (χ3n) is 30.1. The molecule has 30 aromatic rings. The van der Waals surface area contributed by atoms with E-state index in [1.54, 1.807) is 0 Å². The van der Waals surface area contributed by atoms with Crippen molar-refractivity contribution < 1.29 is 0 Å². The molecule has 1 aliphatic rings. The highest BCUT2D eigenvalue weighted by Crippen LogP contribution is 2.53. The van der Waals surface area contributed by atoms with Gasteiger partial charge in [0.05, 0.1) is 66.7 Å². The Kier molecular flexibility index (Phi) is 19.6. The monoisotopic (exact) mass is 1900 g/mol. The lowest BCUT2D eigenvalue weighted by atomic mass is 9.81. The summed E-state index contributed by atoms with van der Waals surface area (Å²) in [5.41, 5.74) is 30.3. The fourth-order valence-electron chi connectivity index (χ4n) is 23.2. The van der Waals surface area contributed by atoms with Crippen LogP contribution in [0.1, 0.15) is 25.0 Å². The van der Waals surface area contributed by atoms with Gasteiger partial charge in [0.1, 0.15) is 0 Å². The molecule has 0 radical (unpaired) electrons.